The van der Waals surface area contributed by atoms with E-state index in [1.54, 1.807) is 0 Å². The molecule has 0 radical (unpaired) electrons. The Hall–Kier alpha value is -1.35. The van der Waals surface area contributed by atoms with Gasteiger partial charge in [0.25, 0.3) is 5.91 Å². The average Bonchev–Trinajstić information content (AvgIpc) is 3.26. The summed E-state index contributed by atoms with van der Waals surface area (Å²) in [6.07, 6.45) is 4.51. The van der Waals surface area contributed by atoms with Gasteiger partial charge in [-0.05, 0) is 48.9 Å². The van der Waals surface area contributed by atoms with Gasteiger partial charge in [-0.15, -0.1) is 0 Å². The SMILES string of the molecule is CCCNC(=O)c1cc(CC)cc(CNC2CC2)c1. The zero-order valence-corrected chi connectivity index (χ0v) is 12.0. The first-order valence-electron chi connectivity index (χ1n) is 7.37. The van der Waals surface area contributed by atoms with Gasteiger partial charge in [-0.1, -0.05) is 19.9 Å². The van der Waals surface area contributed by atoms with Crippen LogP contribution in [0.5, 0.6) is 0 Å². The number of hydrogen-bond donors (Lipinski definition) is 2. The molecule has 0 heterocycles. The largest absolute Gasteiger partial charge is 0.352 e. The average molecular weight is 260 g/mol. The minimum atomic E-state index is 0.0461. The predicted molar refractivity (Wildman–Crippen MR) is 78.3 cm³/mol. The molecule has 0 aromatic heterocycles. The monoisotopic (exact) mass is 260 g/mol. The Morgan fingerprint density at radius 2 is 1.95 bits per heavy atom. The summed E-state index contributed by atoms with van der Waals surface area (Å²) in [6.45, 7) is 5.80. The molecule has 1 aromatic carbocycles. The lowest BCUT2D eigenvalue weighted by molar-refractivity contribution is 0.0953. The van der Waals surface area contributed by atoms with E-state index in [2.05, 4.69) is 30.5 Å². The van der Waals surface area contributed by atoms with E-state index < -0.39 is 0 Å². The highest BCUT2D eigenvalue weighted by atomic mass is 16.1. The van der Waals surface area contributed by atoms with Gasteiger partial charge < -0.3 is 10.6 Å². The first-order chi connectivity index (χ1) is 9.22. The van der Waals surface area contributed by atoms with Crippen molar-refractivity contribution in [2.45, 2.75) is 52.1 Å². The van der Waals surface area contributed by atoms with Crippen molar-refractivity contribution in [3.8, 4) is 0 Å². The fraction of sp³-hybridized carbons (Fsp3) is 0.562. The normalized spacial score (nSPS) is 14.4. The van der Waals surface area contributed by atoms with E-state index in [9.17, 15) is 4.79 Å². The molecule has 1 fully saturated rings. The minimum absolute atomic E-state index is 0.0461. The van der Waals surface area contributed by atoms with E-state index in [-0.39, 0.29) is 5.91 Å². The van der Waals surface area contributed by atoms with Crippen LogP contribution in [0.2, 0.25) is 0 Å². The van der Waals surface area contributed by atoms with Crippen molar-refractivity contribution in [3.05, 3.63) is 34.9 Å². The summed E-state index contributed by atoms with van der Waals surface area (Å²) >= 11 is 0. The maximum absolute atomic E-state index is 12.0. The topological polar surface area (TPSA) is 41.1 Å². The molecular formula is C16H24N2O. The molecule has 0 spiro atoms. The highest BCUT2D eigenvalue weighted by Crippen LogP contribution is 2.20. The van der Waals surface area contributed by atoms with Gasteiger partial charge >= 0.3 is 0 Å². The summed E-state index contributed by atoms with van der Waals surface area (Å²) in [4.78, 5) is 12.0. The second-order valence-electron chi connectivity index (χ2n) is 5.30. The van der Waals surface area contributed by atoms with Crippen LogP contribution in [0, 0.1) is 0 Å². The van der Waals surface area contributed by atoms with E-state index in [1.807, 2.05) is 12.1 Å². The molecule has 2 rings (SSSR count). The van der Waals surface area contributed by atoms with Crippen molar-refractivity contribution in [1.82, 2.24) is 10.6 Å². The molecule has 1 aliphatic rings. The Bertz CT molecular complexity index is 438. The van der Waals surface area contributed by atoms with Crippen LogP contribution < -0.4 is 10.6 Å². The van der Waals surface area contributed by atoms with Crippen LogP contribution in [-0.2, 0) is 13.0 Å². The maximum Gasteiger partial charge on any atom is 0.251 e. The number of carbonyl (C=O) groups excluding carboxylic acids is 1. The fourth-order valence-corrected chi connectivity index (χ4v) is 2.09. The van der Waals surface area contributed by atoms with E-state index in [4.69, 9.17) is 0 Å². The predicted octanol–water partition coefficient (Wildman–Crippen LogP) is 2.64. The third-order valence-corrected chi connectivity index (χ3v) is 3.43. The molecule has 104 valence electrons. The molecule has 0 aliphatic heterocycles. The number of benzene rings is 1. The first-order valence-corrected chi connectivity index (χ1v) is 7.37. The highest BCUT2D eigenvalue weighted by molar-refractivity contribution is 5.94. The van der Waals surface area contributed by atoms with Crippen molar-refractivity contribution < 1.29 is 4.79 Å². The molecule has 1 amide bonds. The standard InChI is InChI=1S/C16H24N2O/c1-3-7-17-16(19)14-9-12(4-2)8-13(10-14)11-18-15-5-6-15/h8-10,15,18H,3-7,11H2,1-2H3,(H,17,19). The smallest absolute Gasteiger partial charge is 0.251 e. The van der Waals surface area contributed by atoms with Gasteiger partial charge in [0.15, 0.2) is 0 Å². The van der Waals surface area contributed by atoms with E-state index in [0.29, 0.717) is 6.04 Å². The molecule has 2 N–H and O–H groups in total. The van der Waals surface area contributed by atoms with Crippen molar-refractivity contribution in [1.29, 1.82) is 0 Å². The molecule has 0 bridgehead atoms. The van der Waals surface area contributed by atoms with E-state index in [1.165, 1.54) is 24.0 Å². The molecule has 1 aliphatic carbocycles. The number of aryl methyl sites for hydroxylation is 1. The number of amides is 1. The number of rotatable bonds is 7. The summed E-state index contributed by atoms with van der Waals surface area (Å²) in [5, 5.41) is 6.45. The number of hydrogen-bond acceptors (Lipinski definition) is 2. The minimum Gasteiger partial charge on any atom is -0.352 e. The lowest BCUT2D eigenvalue weighted by Crippen LogP contribution is -2.24. The summed E-state index contributed by atoms with van der Waals surface area (Å²) in [5.41, 5.74) is 3.24. The Morgan fingerprint density at radius 3 is 2.58 bits per heavy atom. The quantitative estimate of drug-likeness (QED) is 0.791. The van der Waals surface area contributed by atoms with Crippen LogP contribution >= 0.6 is 0 Å². The lowest BCUT2D eigenvalue weighted by atomic mass is 10.0. The Morgan fingerprint density at radius 1 is 1.21 bits per heavy atom. The van der Waals surface area contributed by atoms with Crippen LogP contribution in [0.25, 0.3) is 0 Å². The molecule has 0 unspecified atom stereocenters. The molecule has 1 aromatic rings. The second-order valence-corrected chi connectivity index (χ2v) is 5.30. The molecule has 19 heavy (non-hydrogen) atoms. The molecule has 0 atom stereocenters. The van der Waals surface area contributed by atoms with Gasteiger partial charge in [0.1, 0.15) is 0 Å². The molecule has 1 saturated carbocycles. The van der Waals surface area contributed by atoms with E-state index >= 15 is 0 Å². The second kappa shape index (κ2) is 6.71. The van der Waals surface area contributed by atoms with Gasteiger partial charge in [-0.2, -0.15) is 0 Å². The molecule has 3 heteroatoms. The Balaban J connectivity index is 2.07. The fourth-order valence-electron chi connectivity index (χ4n) is 2.09. The van der Waals surface area contributed by atoms with E-state index in [0.717, 1.165) is 31.5 Å². The third kappa shape index (κ3) is 4.35. The summed E-state index contributed by atoms with van der Waals surface area (Å²) < 4.78 is 0. The van der Waals surface area contributed by atoms with Crippen LogP contribution in [-0.4, -0.2) is 18.5 Å². The maximum atomic E-state index is 12.0. The van der Waals surface area contributed by atoms with Crippen molar-refractivity contribution in [3.63, 3.8) is 0 Å². The van der Waals surface area contributed by atoms with Crippen molar-refractivity contribution in [2.75, 3.05) is 6.54 Å². The van der Waals surface area contributed by atoms with Crippen LogP contribution in [0.3, 0.4) is 0 Å². The van der Waals surface area contributed by atoms with Gasteiger partial charge in [-0.25, -0.2) is 0 Å². The summed E-state index contributed by atoms with van der Waals surface area (Å²) in [7, 11) is 0. The van der Waals surface area contributed by atoms with Gasteiger partial charge in [0.2, 0.25) is 0 Å². The van der Waals surface area contributed by atoms with Crippen molar-refractivity contribution in [2.24, 2.45) is 0 Å². The van der Waals surface area contributed by atoms with Gasteiger partial charge in [-0.3, -0.25) is 4.79 Å². The summed E-state index contributed by atoms with van der Waals surface area (Å²) in [6, 6.07) is 6.92. The Labute approximate surface area is 115 Å². The molecule has 3 nitrogen and oxygen atoms in total. The zero-order chi connectivity index (χ0) is 13.7. The summed E-state index contributed by atoms with van der Waals surface area (Å²) in [5.74, 6) is 0.0461. The molecule has 0 saturated heterocycles. The first kappa shape index (κ1) is 14.1. The third-order valence-electron chi connectivity index (χ3n) is 3.43. The van der Waals surface area contributed by atoms with Gasteiger partial charge in [0.05, 0.1) is 0 Å². The Kier molecular flexibility index (Phi) is 4.97. The number of nitrogens with one attached hydrogen (secondary N) is 2. The van der Waals surface area contributed by atoms with Crippen molar-refractivity contribution >= 4 is 5.91 Å². The highest BCUT2D eigenvalue weighted by Gasteiger charge is 2.20. The van der Waals surface area contributed by atoms with Gasteiger partial charge in [0, 0.05) is 24.7 Å². The zero-order valence-electron chi connectivity index (χ0n) is 12.0. The molecular weight excluding hydrogens is 236 g/mol. The van der Waals surface area contributed by atoms with Crippen LogP contribution in [0.4, 0.5) is 0 Å². The number of carbonyl (C=O) groups is 1. The lowest BCUT2D eigenvalue weighted by Gasteiger charge is -2.10. The van der Waals surface area contributed by atoms with Crippen LogP contribution in [0.1, 0.15) is 54.6 Å². The van der Waals surface area contributed by atoms with Crippen LogP contribution in [0.15, 0.2) is 18.2 Å².